The van der Waals surface area contributed by atoms with Gasteiger partial charge in [0.2, 0.25) is 0 Å². The fraction of sp³-hybridized carbons (Fsp3) is 0.111. The van der Waals surface area contributed by atoms with Crippen molar-refractivity contribution < 1.29 is 9.32 Å². The number of carbonyl (C=O) groups excluding carboxylic acids is 1. The van der Waals surface area contributed by atoms with Crippen molar-refractivity contribution in [3.63, 3.8) is 0 Å². The molecular weight excluding hydrogens is 304 g/mol. The number of benzene rings is 2. The van der Waals surface area contributed by atoms with Gasteiger partial charge < -0.3 is 9.84 Å². The van der Waals surface area contributed by atoms with Gasteiger partial charge >= 0.3 is 0 Å². The van der Waals surface area contributed by atoms with E-state index in [2.05, 4.69) is 21.5 Å². The van der Waals surface area contributed by atoms with Crippen LogP contribution in [0, 0.1) is 18.3 Å². The fourth-order valence-corrected chi connectivity index (χ4v) is 2.21. The van der Waals surface area contributed by atoms with Gasteiger partial charge in [-0.15, -0.1) is 0 Å². The quantitative estimate of drug-likeness (QED) is 0.798. The maximum Gasteiger partial charge on any atom is 0.257 e. The molecule has 0 unspecified atom stereocenters. The first-order valence-corrected chi connectivity index (χ1v) is 7.34. The molecule has 6 heteroatoms. The maximum atomic E-state index is 12.2. The molecule has 1 heterocycles. The zero-order valence-electron chi connectivity index (χ0n) is 13.0. The summed E-state index contributed by atoms with van der Waals surface area (Å²) < 4.78 is 5.09. The van der Waals surface area contributed by atoms with E-state index in [1.54, 1.807) is 49.4 Å². The van der Waals surface area contributed by atoms with Crippen LogP contribution < -0.4 is 5.32 Å². The molecule has 1 aromatic heterocycles. The molecule has 0 aliphatic heterocycles. The lowest BCUT2D eigenvalue weighted by atomic mass is 10.1. The molecule has 1 amide bonds. The summed E-state index contributed by atoms with van der Waals surface area (Å²) in [4.78, 5) is 16.3. The van der Waals surface area contributed by atoms with E-state index >= 15 is 0 Å². The van der Waals surface area contributed by atoms with Gasteiger partial charge in [-0.2, -0.15) is 10.2 Å². The van der Waals surface area contributed by atoms with Gasteiger partial charge in [-0.3, -0.25) is 4.79 Å². The summed E-state index contributed by atoms with van der Waals surface area (Å²) in [6.07, 6.45) is 0. The molecule has 3 aromatic rings. The standard InChI is InChI=1S/C18H14N4O2/c1-12-21-18(24-22-12)16-7-5-15(6-8-16)17(23)20-11-14-4-2-3-13(9-14)10-19/h2-9H,11H2,1H3,(H,20,23). The van der Waals surface area contributed by atoms with Crippen molar-refractivity contribution in [2.45, 2.75) is 13.5 Å². The molecule has 2 aromatic carbocycles. The number of nitriles is 1. The predicted molar refractivity (Wildman–Crippen MR) is 86.8 cm³/mol. The summed E-state index contributed by atoms with van der Waals surface area (Å²) in [5.74, 6) is 0.796. The minimum absolute atomic E-state index is 0.189. The normalized spacial score (nSPS) is 10.2. The molecule has 0 fully saturated rings. The van der Waals surface area contributed by atoms with Crippen LogP contribution in [0.1, 0.15) is 27.3 Å². The highest BCUT2D eigenvalue weighted by Crippen LogP contribution is 2.17. The Balaban J connectivity index is 1.66. The van der Waals surface area contributed by atoms with Gasteiger partial charge in [0.15, 0.2) is 5.82 Å². The number of aromatic nitrogens is 2. The lowest BCUT2D eigenvalue weighted by Gasteiger charge is -2.06. The Morgan fingerprint density at radius 3 is 2.71 bits per heavy atom. The second-order valence-electron chi connectivity index (χ2n) is 5.22. The smallest absolute Gasteiger partial charge is 0.257 e. The van der Waals surface area contributed by atoms with Gasteiger partial charge in [0.25, 0.3) is 11.8 Å². The molecule has 0 bridgehead atoms. The Morgan fingerprint density at radius 2 is 2.04 bits per heavy atom. The van der Waals surface area contributed by atoms with Crippen molar-refractivity contribution in [3.05, 3.63) is 71.0 Å². The average Bonchev–Trinajstić information content (AvgIpc) is 3.06. The number of hydrogen-bond donors (Lipinski definition) is 1. The molecule has 0 aliphatic carbocycles. The number of carbonyl (C=O) groups is 1. The Morgan fingerprint density at radius 1 is 1.25 bits per heavy atom. The van der Waals surface area contributed by atoms with Crippen molar-refractivity contribution in [2.75, 3.05) is 0 Å². The number of nitrogens with zero attached hydrogens (tertiary/aromatic N) is 3. The van der Waals surface area contributed by atoms with Crippen LogP contribution in [-0.4, -0.2) is 16.0 Å². The zero-order chi connectivity index (χ0) is 16.9. The monoisotopic (exact) mass is 318 g/mol. The SMILES string of the molecule is Cc1noc(-c2ccc(C(=O)NCc3cccc(C#N)c3)cc2)n1. The third kappa shape index (κ3) is 3.47. The summed E-state index contributed by atoms with van der Waals surface area (Å²) in [6.45, 7) is 2.11. The van der Waals surface area contributed by atoms with Gasteiger partial charge in [0.1, 0.15) is 0 Å². The van der Waals surface area contributed by atoms with Crippen LogP contribution in [0.25, 0.3) is 11.5 Å². The molecule has 0 aliphatic rings. The highest BCUT2D eigenvalue weighted by Gasteiger charge is 2.09. The zero-order valence-corrected chi connectivity index (χ0v) is 13.0. The van der Waals surface area contributed by atoms with Crippen molar-refractivity contribution >= 4 is 5.91 Å². The van der Waals surface area contributed by atoms with Crippen LogP contribution in [0.3, 0.4) is 0 Å². The second kappa shape index (κ2) is 6.75. The van der Waals surface area contributed by atoms with Crippen molar-refractivity contribution in [2.24, 2.45) is 0 Å². The van der Waals surface area contributed by atoms with Gasteiger partial charge in [-0.25, -0.2) is 0 Å². The molecule has 24 heavy (non-hydrogen) atoms. The highest BCUT2D eigenvalue weighted by molar-refractivity contribution is 5.94. The van der Waals surface area contributed by atoms with E-state index in [9.17, 15) is 4.79 Å². The second-order valence-corrected chi connectivity index (χ2v) is 5.22. The first kappa shape index (κ1) is 15.4. The molecule has 6 nitrogen and oxygen atoms in total. The van der Waals surface area contributed by atoms with Crippen LogP contribution in [0.2, 0.25) is 0 Å². The molecular formula is C18H14N4O2. The molecule has 0 radical (unpaired) electrons. The van der Waals surface area contributed by atoms with Crippen molar-refractivity contribution in [1.29, 1.82) is 5.26 Å². The van der Waals surface area contributed by atoms with Gasteiger partial charge in [-0.1, -0.05) is 17.3 Å². The van der Waals surface area contributed by atoms with Gasteiger partial charge in [0.05, 0.1) is 11.6 Å². The molecule has 0 saturated carbocycles. The fourth-order valence-electron chi connectivity index (χ4n) is 2.21. The third-order valence-corrected chi connectivity index (χ3v) is 3.43. The van der Waals surface area contributed by atoms with E-state index < -0.39 is 0 Å². The third-order valence-electron chi connectivity index (χ3n) is 3.43. The van der Waals surface area contributed by atoms with E-state index in [0.29, 0.717) is 29.4 Å². The van der Waals surface area contributed by atoms with Gasteiger partial charge in [0, 0.05) is 17.7 Å². The van der Waals surface area contributed by atoms with Crippen molar-refractivity contribution in [1.82, 2.24) is 15.5 Å². The molecule has 0 saturated heterocycles. The minimum Gasteiger partial charge on any atom is -0.348 e. The summed E-state index contributed by atoms with van der Waals surface area (Å²) in [6, 6.07) is 16.1. The number of aryl methyl sites for hydroxylation is 1. The topological polar surface area (TPSA) is 91.8 Å². The molecule has 1 N–H and O–H groups in total. The summed E-state index contributed by atoms with van der Waals surface area (Å²) in [5.41, 5.74) is 2.74. The van der Waals surface area contributed by atoms with Crippen LogP contribution in [0.4, 0.5) is 0 Å². The largest absolute Gasteiger partial charge is 0.348 e. The van der Waals surface area contributed by atoms with E-state index in [-0.39, 0.29) is 5.91 Å². The van der Waals surface area contributed by atoms with E-state index in [1.807, 2.05) is 6.07 Å². The summed E-state index contributed by atoms with van der Waals surface area (Å²) in [5, 5.41) is 15.5. The Labute approximate surface area is 138 Å². The molecule has 3 rings (SSSR count). The Hall–Kier alpha value is -3.46. The summed E-state index contributed by atoms with van der Waals surface area (Å²) in [7, 11) is 0. The highest BCUT2D eigenvalue weighted by atomic mass is 16.5. The predicted octanol–water partition coefficient (Wildman–Crippen LogP) is 2.85. The number of rotatable bonds is 4. The first-order valence-electron chi connectivity index (χ1n) is 7.34. The van der Waals surface area contributed by atoms with E-state index in [4.69, 9.17) is 9.78 Å². The van der Waals surface area contributed by atoms with Crippen LogP contribution >= 0.6 is 0 Å². The number of nitrogens with one attached hydrogen (secondary N) is 1. The maximum absolute atomic E-state index is 12.2. The molecule has 118 valence electrons. The van der Waals surface area contributed by atoms with Gasteiger partial charge in [-0.05, 0) is 48.9 Å². The molecule has 0 atom stereocenters. The molecule has 0 spiro atoms. The van der Waals surface area contributed by atoms with E-state index in [0.717, 1.165) is 11.1 Å². The Bertz CT molecular complexity index is 907. The van der Waals surface area contributed by atoms with E-state index in [1.165, 1.54) is 0 Å². The lowest BCUT2D eigenvalue weighted by molar-refractivity contribution is 0.0951. The average molecular weight is 318 g/mol. The van der Waals surface area contributed by atoms with Crippen LogP contribution in [-0.2, 0) is 6.54 Å². The van der Waals surface area contributed by atoms with Crippen LogP contribution in [0.5, 0.6) is 0 Å². The first-order chi connectivity index (χ1) is 11.7. The van der Waals surface area contributed by atoms with Crippen molar-refractivity contribution in [3.8, 4) is 17.5 Å². The summed E-state index contributed by atoms with van der Waals surface area (Å²) >= 11 is 0. The Kier molecular flexibility index (Phi) is 4.34. The van der Waals surface area contributed by atoms with Crippen LogP contribution in [0.15, 0.2) is 53.1 Å². The minimum atomic E-state index is -0.189. The lowest BCUT2D eigenvalue weighted by Crippen LogP contribution is -2.22. The number of hydrogen-bond acceptors (Lipinski definition) is 5. The number of amides is 1.